The lowest BCUT2D eigenvalue weighted by molar-refractivity contribution is 0.0793. The van der Waals surface area contributed by atoms with E-state index in [1.54, 1.807) is 0 Å². The highest BCUT2D eigenvalue weighted by Gasteiger charge is 2.27. The van der Waals surface area contributed by atoms with Gasteiger partial charge in [0.05, 0.1) is 5.56 Å². The number of nitrogens with one attached hydrogen (secondary N) is 2. The van der Waals surface area contributed by atoms with Crippen LogP contribution in [0.2, 0.25) is 0 Å². The number of urea groups is 1. The second-order valence-electron chi connectivity index (χ2n) is 10.2. The van der Waals surface area contributed by atoms with Crippen molar-refractivity contribution in [2.75, 3.05) is 41.7 Å². The molecule has 2 aliphatic rings. The van der Waals surface area contributed by atoms with Gasteiger partial charge in [0.15, 0.2) is 0 Å². The molecule has 192 valence electrons. The Morgan fingerprint density at radius 2 is 1.54 bits per heavy atom. The first-order valence-electron chi connectivity index (χ1n) is 13.4. The average molecular weight is 497 g/mol. The number of hydrogen-bond donors (Lipinski definition) is 2. The zero-order valence-electron chi connectivity index (χ0n) is 21.6. The van der Waals surface area contributed by atoms with Crippen LogP contribution in [0.25, 0.3) is 0 Å². The first-order valence-corrected chi connectivity index (χ1v) is 13.4. The number of nitrogens with zero attached hydrogens (tertiary/aromatic N) is 2. The van der Waals surface area contributed by atoms with Crippen molar-refractivity contribution in [1.82, 2.24) is 4.90 Å². The third-order valence-corrected chi connectivity index (χ3v) is 7.59. The van der Waals surface area contributed by atoms with Crippen LogP contribution in [0.4, 0.5) is 21.9 Å². The van der Waals surface area contributed by atoms with Crippen LogP contribution in [0.3, 0.4) is 0 Å². The number of piperidine rings is 1. The van der Waals surface area contributed by atoms with Crippen LogP contribution in [0.5, 0.6) is 0 Å². The molecule has 3 aromatic carbocycles. The third-order valence-electron chi connectivity index (χ3n) is 7.59. The van der Waals surface area contributed by atoms with E-state index in [0.717, 1.165) is 75.2 Å². The summed E-state index contributed by atoms with van der Waals surface area (Å²) in [5.41, 5.74) is 5.43. The minimum absolute atomic E-state index is 0.0573. The second kappa shape index (κ2) is 11.5. The standard InChI is InChI=1S/C31H36N4O2/c1-23-9-5-6-12-28(23)33-31(37)32-26-13-14-29(27(22-26)30(36)35-17-7-8-18-35)34-19-15-25(16-20-34)21-24-10-3-2-4-11-24/h2-6,9-14,22,25H,7-8,15-21H2,1H3,(H2,32,33,37). The number of aryl methyl sites for hydroxylation is 1. The van der Waals surface area contributed by atoms with E-state index in [-0.39, 0.29) is 11.9 Å². The van der Waals surface area contributed by atoms with Gasteiger partial charge in [-0.25, -0.2) is 4.79 Å². The van der Waals surface area contributed by atoms with Crippen molar-refractivity contribution in [1.29, 1.82) is 0 Å². The molecule has 0 unspecified atom stereocenters. The van der Waals surface area contributed by atoms with Gasteiger partial charge in [-0.15, -0.1) is 0 Å². The van der Waals surface area contributed by atoms with Gasteiger partial charge >= 0.3 is 6.03 Å². The van der Waals surface area contributed by atoms with Gasteiger partial charge < -0.3 is 20.4 Å². The Morgan fingerprint density at radius 3 is 2.27 bits per heavy atom. The minimum Gasteiger partial charge on any atom is -0.371 e. The molecule has 0 spiro atoms. The lowest BCUT2D eigenvalue weighted by Gasteiger charge is -2.35. The minimum atomic E-state index is -0.316. The van der Waals surface area contributed by atoms with E-state index in [1.807, 2.05) is 54.3 Å². The Hall–Kier alpha value is -3.80. The molecule has 3 amide bonds. The molecule has 0 saturated carbocycles. The highest BCUT2D eigenvalue weighted by atomic mass is 16.2. The highest BCUT2D eigenvalue weighted by Crippen LogP contribution is 2.31. The van der Waals surface area contributed by atoms with Crippen molar-refractivity contribution in [2.24, 2.45) is 5.92 Å². The maximum Gasteiger partial charge on any atom is 0.323 e. The quantitative estimate of drug-likeness (QED) is 0.419. The van der Waals surface area contributed by atoms with Crippen molar-refractivity contribution in [3.05, 3.63) is 89.5 Å². The maximum atomic E-state index is 13.6. The van der Waals surface area contributed by atoms with Gasteiger partial charge in [-0.05, 0) is 80.3 Å². The zero-order chi connectivity index (χ0) is 25.6. The van der Waals surface area contributed by atoms with Crippen molar-refractivity contribution in [3.8, 4) is 0 Å². The Bertz CT molecular complexity index is 1230. The summed E-state index contributed by atoms with van der Waals surface area (Å²) in [6.45, 7) is 5.41. The van der Waals surface area contributed by atoms with E-state index >= 15 is 0 Å². The van der Waals surface area contributed by atoms with Crippen molar-refractivity contribution in [2.45, 2.75) is 39.0 Å². The lowest BCUT2D eigenvalue weighted by Crippen LogP contribution is -2.36. The fourth-order valence-corrected chi connectivity index (χ4v) is 5.47. The van der Waals surface area contributed by atoms with Crippen LogP contribution >= 0.6 is 0 Å². The summed E-state index contributed by atoms with van der Waals surface area (Å²) in [5.74, 6) is 0.712. The molecule has 2 saturated heterocycles. The molecule has 6 heteroatoms. The van der Waals surface area contributed by atoms with Crippen molar-refractivity contribution in [3.63, 3.8) is 0 Å². The average Bonchev–Trinajstić information content (AvgIpc) is 3.46. The van der Waals surface area contributed by atoms with Gasteiger partial charge in [-0.2, -0.15) is 0 Å². The molecule has 5 rings (SSSR count). The molecular formula is C31H36N4O2. The maximum absolute atomic E-state index is 13.6. The molecule has 37 heavy (non-hydrogen) atoms. The van der Waals surface area contributed by atoms with Crippen LogP contribution in [0.1, 0.15) is 47.2 Å². The van der Waals surface area contributed by atoms with Crippen molar-refractivity contribution >= 4 is 29.0 Å². The summed E-state index contributed by atoms with van der Waals surface area (Å²) in [6, 6.07) is 23.8. The molecule has 2 fully saturated rings. The van der Waals surface area contributed by atoms with Gasteiger partial charge in [0, 0.05) is 43.2 Å². The molecule has 0 aliphatic carbocycles. The molecule has 2 N–H and O–H groups in total. The van der Waals surface area contributed by atoms with E-state index in [0.29, 0.717) is 17.2 Å². The normalized spacial score (nSPS) is 16.0. The summed E-state index contributed by atoms with van der Waals surface area (Å²) >= 11 is 0. The van der Waals surface area contributed by atoms with Crippen LogP contribution in [-0.4, -0.2) is 43.0 Å². The lowest BCUT2D eigenvalue weighted by atomic mass is 9.89. The number of rotatable bonds is 6. The smallest absolute Gasteiger partial charge is 0.323 e. The summed E-state index contributed by atoms with van der Waals surface area (Å²) < 4.78 is 0. The van der Waals surface area contributed by atoms with E-state index < -0.39 is 0 Å². The molecular weight excluding hydrogens is 460 g/mol. The molecule has 0 aromatic heterocycles. The number of likely N-dealkylation sites (tertiary alicyclic amines) is 1. The zero-order valence-corrected chi connectivity index (χ0v) is 21.6. The number of carbonyl (C=O) groups is 2. The third kappa shape index (κ3) is 6.13. The second-order valence-corrected chi connectivity index (χ2v) is 10.2. The number of carbonyl (C=O) groups excluding carboxylic acids is 2. The van der Waals surface area contributed by atoms with Gasteiger partial charge in [0.1, 0.15) is 0 Å². The fraction of sp³-hybridized carbons (Fsp3) is 0.355. The Balaban J connectivity index is 1.31. The van der Waals surface area contributed by atoms with Crippen molar-refractivity contribution < 1.29 is 9.59 Å². The number of amides is 3. The van der Waals surface area contributed by atoms with Gasteiger partial charge in [0.2, 0.25) is 0 Å². The number of benzene rings is 3. The predicted octanol–water partition coefficient (Wildman–Crippen LogP) is 6.33. The summed E-state index contributed by atoms with van der Waals surface area (Å²) in [6.07, 6.45) is 5.40. The topological polar surface area (TPSA) is 64.7 Å². The Labute approximate surface area is 219 Å². The summed E-state index contributed by atoms with van der Waals surface area (Å²) in [5, 5.41) is 5.84. The summed E-state index contributed by atoms with van der Waals surface area (Å²) in [4.78, 5) is 30.6. The van der Waals surface area contributed by atoms with Crippen LogP contribution in [0.15, 0.2) is 72.8 Å². The predicted molar refractivity (Wildman–Crippen MR) is 150 cm³/mol. The van der Waals surface area contributed by atoms with Gasteiger partial charge in [-0.3, -0.25) is 4.79 Å². The SMILES string of the molecule is Cc1ccccc1NC(=O)Nc1ccc(N2CCC(Cc3ccccc3)CC2)c(C(=O)N2CCCC2)c1. The van der Waals surface area contributed by atoms with E-state index in [2.05, 4.69) is 45.9 Å². The molecule has 6 nitrogen and oxygen atoms in total. The first-order chi connectivity index (χ1) is 18.1. The van der Waals surface area contributed by atoms with E-state index in [1.165, 1.54) is 5.56 Å². The van der Waals surface area contributed by atoms with Crippen LogP contribution in [0, 0.1) is 12.8 Å². The number of anilines is 3. The largest absolute Gasteiger partial charge is 0.371 e. The van der Waals surface area contributed by atoms with E-state index in [9.17, 15) is 9.59 Å². The molecule has 0 bridgehead atoms. The molecule has 2 aliphatic heterocycles. The highest BCUT2D eigenvalue weighted by molar-refractivity contribution is 6.04. The molecule has 0 atom stereocenters. The van der Waals surface area contributed by atoms with E-state index in [4.69, 9.17) is 0 Å². The number of para-hydroxylation sites is 1. The number of hydrogen-bond acceptors (Lipinski definition) is 3. The Morgan fingerprint density at radius 1 is 0.838 bits per heavy atom. The Kier molecular flexibility index (Phi) is 7.73. The molecule has 2 heterocycles. The summed E-state index contributed by atoms with van der Waals surface area (Å²) in [7, 11) is 0. The van der Waals surface area contributed by atoms with Crippen LogP contribution < -0.4 is 15.5 Å². The fourth-order valence-electron chi connectivity index (χ4n) is 5.47. The molecule has 0 radical (unpaired) electrons. The van der Waals surface area contributed by atoms with Gasteiger partial charge in [0.25, 0.3) is 5.91 Å². The monoisotopic (exact) mass is 496 g/mol. The first kappa shape index (κ1) is 24.9. The molecule has 3 aromatic rings. The van der Waals surface area contributed by atoms with Crippen LogP contribution in [-0.2, 0) is 6.42 Å². The van der Waals surface area contributed by atoms with Gasteiger partial charge in [-0.1, -0.05) is 48.5 Å².